The summed E-state index contributed by atoms with van der Waals surface area (Å²) in [5, 5.41) is 4.48. The monoisotopic (exact) mass is 307 g/mol. The summed E-state index contributed by atoms with van der Waals surface area (Å²) in [7, 11) is 3.69. The molecule has 0 amide bonds. The van der Waals surface area contributed by atoms with Crippen LogP contribution >= 0.6 is 0 Å². The number of rotatable bonds is 2. The van der Waals surface area contributed by atoms with Gasteiger partial charge in [-0.2, -0.15) is 5.10 Å². The van der Waals surface area contributed by atoms with E-state index in [1.807, 2.05) is 7.05 Å². The first-order valence-electron chi connectivity index (χ1n) is 6.97. The minimum Gasteiger partial charge on any atom is -0.294 e. The van der Waals surface area contributed by atoms with E-state index < -0.39 is 17.5 Å². The van der Waals surface area contributed by atoms with Crippen LogP contribution in [0.1, 0.15) is 17.3 Å². The van der Waals surface area contributed by atoms with Crippen LogP contribution in [0.3, 0.4) is 0 Å². The number of aromatic nitrogens is 2. The smallest absolute Gasteiger partial charge is 0.194 e. The molecule has 0 unspecified atom stereocenters. The predicted octanol–water partition coefficient (Wildman–Crippen LogP) is 3.22. The van der Waals surface area contributed by atoms with Crippen molar-refractivity contribution < 1.29 is 13.2 Å². The summed E-state index contributed by atoms with van der Waals surface area (Å²) in [5.74, 6) is -3.85. The van der Waals surface area contributed by atoms with Crippen molar-refractivity contribution in [3.05, 3.63) is 53.5 Å². The van der Waals surface area contributed by atoms with Crippen LogP contribution in [0.15, 0.2) is 24.8 Å². The van der Waals surface area contributed by atoms with Gasteiger partial charge < -0.3 is 0 Å². The fraction of sp³-hybridized carbons (Fsp3) is 0.312. The van der Waals surface area contributed by atoms with Crippen molar-refractivity contribution in [3.8, 4) is 11.3 Å². The molecule has 2 heterocycles. The molecule has 116 valence electrons. The number of hydrogen-bond donors (Lipinski definition) is 0. The van der Waals surface area contributed by atoms with Gasteiger partial charge in [-0.05, 0) is 25.6 Å². The van der Waals surface area contributed by atoms with Crippen molar-refractivity contribution in [1.29, 1.82) is 0 Å². The van der Waals surface area contributed by atoms with Crippen LogP contribution in [-0.2, 0) is 13.5 Å². The molecular weight excluding hydrogens is 291 g/mol. The van der Waals surface area contributed by atoms with E-state index in [2.05, 4.69) is 16.6 Å². The zero-order valence-corrected chi connectivity index (χ0v) is 12.4. The van der Waals surface area contributed by atoms with Gasteiger partial charge in [0.1, 0.15) is 0 Å². The quantitative estimate of drug-likeness (QED) is 0.627. The number of benzene rings is 1. The van der Waals surface area contributed by atoms with Crippen LogP contribution in [0.2, 0.25) is 0 Å². The summed E-state index contributed by atoms with van der Waals surface area (Å²) >= 11 is 0. The Morgan fingerprint density at radius 1 is 1.23 bits per heavy atom. The first-order valence-corrected chi connectivity index (χ1v) is 6.97. The van der Waals surface area contributed by atoms with E-state index in [0.717, 1.165) is 29.9 Å². The van der Waals surface area contributed by atoms with Gasteiger partial charge in [-0.25, -0.2) is 13.2 Å². The largest absolute Gasteiger partial charge is 0.294 e. The van der Waals surface area contributed by atoms with Crippen molar-refractivity contribution in [1.82, 2.24) is 14.7 Å². The number of nitrogens with zero attached hydrogens (tertiary/aromatic N) is 3. The van der Waals surface area contributed by atoms with Crippen molar-refractivity contribution in [3.63, 3.8) is 0 Å². The second-order valence-electron chi connectivity index (χ2n) is 5.50. The fourth-order valence-corrected chi connectivity index (χ4v) is 3.05. The third kappa shape index (κ3) is 2.14. The maximum Gasteiger partial charge on any atom is 0.194 e. The third-order valence-corrected chi connectivity index (χ3v) is 4.13. The Bertz CT molecular complexity index is 728. The van der Waals surface area contributed by atoms with Crippen LogP contribution in [0.25, 0.3) is 11.3 Å². The lowest BCUT2D eigenvalue weighted by molar-refractivity contribution is 0.267. The van der Waals surface area contributed by atoms with Gasteiger partial charge in [-0.15, -0.1) is 6.58 Å². The molecule has 1 aromatic carbocycles. The molecule has 0 spiro atoms. The summed E-state index contributed by atoms with van der Waals surface area (Å²) in [6.07, 6.45) is 2.50. The minimum atomic E-state index is -1.46. The molecule has 0 bridgehead atoms. The van der Waals surface area contributed by atoms with Gasteiger partial charge in [0.05, 0.1) is 17.4 Å². The number of aryl methyl sites for hydroxylation is 1. The second-order valence-corrected chi connectivity index (χ2v) is 5.50. The summed E-state index contributed by atoms with van der Waals surface area (Å²) in [5.41, 5.74) is 2.66. The molecule has 0 saturated carbocycles. The number of fused-ring (bicyclic) bond motifs is 1. The summed E-state index contributed by atoms with van der Waals surface area (Å²) in [4.78, 5) is 2.11. The van der Waals surface area contributed by atoms with Crippen molar-refractivity contribution >= 4 is 0 Å². The summed E-state index contributed by atoms with van der Waals surface area (Å²) in [6.45, 7) is 4.61. The topological polar surface area (TPSA) is 21.1 Å². The van der Waals surface area contributed by atoms with Crippen molar-refractivity contribution in [2.75, 3.05) is 13.6 Å². The predicted molar refractivity (Wildman–Crippen MR) is 77.8 cm³/mol. The Morgan fingerprint density at radius 3 is 2.45 bits per heavy atom. The molecule has 0 N–H and O–H groups in total. The molecule has 2 aromatic rings. The Balaban J connectivity index is 2.20. The van der Waals surface area contributed by atoms with E-state index in [9.17, 15) is 13.2 Å². The first kappa shape index (κ1) is 14.8. The van der Waals surface area contributed by atoms with E-state index in [-0.39, 0.29) is 6.04 Å². The molecule has 0 aliphatic carbocycles. The summed E-state index contributed by atoms with van der Waals surface area (Å²) in [6, 6.07) is 1.98. The third-order valence-electron chi connectivity index (χ3n) is 4.13. The fourth-order valence-electron chi connectivity index (χ4n) is 3.05. The number of hydrogen-bond acceptors (Lipinski definition) is 2. The molecule has 1 atom stereocenters. The van der Waals surface area contributed by atoms with Gasteiger partial charge in [0, 0.05) is 24.7 Å². The van der Waals surface area contributed by atoms with Gasteiger partial charge in [0.25, 0.3) is 0 Å². The van der Waals surface area contributed by atoms with E-state index >= 15 is 0 Å². The first-order chi connectivity index (χ1) is 10.4. The van der Waals surface area contributed by atoms with E-state index in [4.69, 9.17) is 0 Å². The lowest BCUT2D eigenvalue weighted by Crippen LogP contribution is -2.30. The SMILES string of the molecule is C=C[C@H]1c2nn(C)c(-c3cc(F)c(F)c(F)c3)c2CCN1C. The zero-order chi connectivity index (χ0) is 16.0. The second kappa shape index (κ2) is 5.28. The maximum absolute atomic E-state index is 13.5. The van der Waals surface area contributed by atoms with Crippen LogP contribution in [-0.4, -0.2) is 28.3 Å². The van der Waals surface area contributed by atoms with Crippen molar-refractivity contribution in [2.24, 2.45) is 7.05 Å². The average Bonchev–Trinajstić information content (AvgIpc) is 2.80. The van der Waals surface area contributed by atoms with Gasteiger partial charge in [0.2, 0.25) is 0 Å². The van der Waals surface area contributed by atoms with Crippen LogP contribution < -0.4 is 0 Å². The molecule has 22 heavy (non-hydrogen) atoms. The Labute approximate surface area is 126 Å². The normalized spacial score (nSPS) is 18.3. The van der Waals surface area contributed by atoms with Crippen molar-refractivity contribution in [2.45, 2.75) is 12.5 Å². The van der Waals surface area contributed by atoms with Gasteiger partial charge in [0.15, 0.2) is 17.5 Å². The maximum atomic E-state index is 13.5. The highest BCUT2D eigenvalue weighted by Gasteiger charge is 2.29. The molecule has 6 heteroatoms. The number of likely N-dealkylation sites (N-methyl/N-ethyl adjacent to an activating group) is 1. The van der Waals surface area contributed by atoms with E-state index in [0.29, 0.717) is 17.7 Å². The highest BCUT2D eigenvalue weighted by Crippen LogP contribution is 2.36. The molecule has 3 rings (SSSR count). The molecule has 0 radical (unpaired) electrons. The standard InChI is InChI=1S/C16H16F3N3/c1-4-13-15-10(5-6-21(13)2)16(22(3)20-15)9-7-11(17)14(19)12(18)8-9/h4,7-8,13H,1,5-6H2,2-3H3/t13-/m0/s1. The molecule has 0 fully saturated rings. The summed E-state index contributed by atoms with van der Waals surface area (Å²) < 4.78 is 41.8. The Morgan fingerprint density at radius 2 is 1.86 bits per heavy atom. The molecular formula is C16H16F3N3. The van der Waals surface area contributed by atoms with Gasteiger partial charge >= 0.3 is 0 Å². The highest BCUT2D eigenvalue weighted by molar-refractivity contribution is 5.66. The molecule has 1 aliphatic heterocycles. The van der Waals surface area contributed by atoms with E-state index in [1.165, 1.54) is 0 Å². The molecule has 1 aliphatic rings. The molecule has 0 saturated heterocycles. The Hall–Kier alpha value is -2.08. The van der Waals surface area contributed by atoms with E-state index in [1.54, 1.807) is 17.8 Å². The average molecular weight is 307 g/mol. The van der Waals surface area contributed by atoms with Gasteiger partial charge in [-0.3, -0.25) is 9.58 Å². The minimum absolute atomic E-state index is 0.0427. The van der Waals surface area contributed by atoms with Crippen LogP contribution in [0.5, 0.6) is 0 Å². The number of halogens is 3. The Kier molecular flexibility index (Phi) is 3.56. The highest BCUT2D eigenvalue weighted by atomic mass is 19.2. The van der Waals surface area contributed by atoms with Crippen LogP contribution in [0, 0.1) is 17.5 Å². The molecule has 3 nitrogen and oxygen atoms in total. The molecule has 1 aromatic heterocycles. The lowest BCUT2D eigenvalue weighted by Gasteiger charge is -2.29. The zero-order valence-electron chi connectivity index (χ0n) is 12.4. The van der Waals surface area contributed by atoms with Gasteiger partial charge in [-0.1, -0.05) is 6.08 Å². The lowest BCUT2D eigenvalue weighted by atomic mass is 9.95. The van der Waals surface area contributed by atoms with Crippen LogP contribution in [0.4, 0.5) is 13.2 Å².